The van der Waals surface area contributed by atoms with Crippen LogP contribution in [-0.2, 0) is 0 Å². The Bertz CT molecular complexity index is 1520. The molecular weight excluding hydrogens is 495 g/mol. The number of aromatic hydroxyl groups is 1. The van der Waals surface area contributed by atoms with Gasteiger partial charge in [0.1, 0.15) is 0 Å². The van der Waals surface area contributed by atoms with Crippen LogP contribution in [0.4, 0.5) is 16.7 Å². The van der Waals surface area contributed by atoms with Crippen LogP contribution in [-0.4, -0.2) is 19.9 Å². The van der Waals surface area contributed by atoms with E-state index < -0.39 is 0 Å². The average Bonchev–Trinajstić information content (AvgIpc) is 3.44. The van der Waals surface area contributed by atoms with Gasteiger partial charge in [-0.25, -0.2) is 0 Å². The van der Waals surface area contributed by atoms with Crippen LogP contribution in [0.5, 0.6) is 5.88 Å². The molecule has 5 rings (SSSR count). The fourth-order valence-corrected chi connectivity index (χ4v) is 4.07. The summed E-state index contributed by atoms with van der Waals surface area (Å²) in [6.07, 6.45) is 0. The minimum atomic E-state index is -0.120. The zero-order valence-electron chi connectivity index (χ0n) is 17.2. The predicted octanol–water partition coefficient (Wildman–Crippen LogP) is 7.25. The third kappa shape index (κ3) is 4.76. The molecule has 0 unspecified atom stereocenters. The molecule has 0 atom stereocenters. The van der Waals surface area contributed by atoms with Gasteiger partial charge in [0.05, 0.1) is 11.4 Å². The highest BCUT2D eigenvalue weighted by Crippen LogP contribution is 2.34. The van der Waals surface area contributed by atoms with E-state index in [1.54, 1.807) is 48.5 Å². The first-order valence-electron chi connectivity index (χ1n) is 9.88. The number of halogens is 2. The summed E-state index contributed by atoms with van der Waals surface area (Å²) in [6, 6.07) is 23.2. The van der Waals surface area contributed by atoms with Crippen LogP contribution < -0.4 is 4.80 Å². The van der Waals surface area contributed by atoms with Gasteiger partial charge in [0.25, 0.3) is 0 Å². The molecule has 0 saturated carbocycles. The van der Waals surface area contributed by atoms with Gasteiger partial charge in [-0.15, -0.1) is 15.3 Å². The molecular formula is C23H14Cl2N6O2S. The van der Waals surface area contributed by atoms with Gasteiger partial charge in [0.2, 0.25) is 21.6 Å². The summed E-state index contributed by atoms with van der Waals surface area (Å²) in [4.78, 5) is 4.84. The molecule has 0 radical (unpaired) electrons. The molecule has 0 aliphatic carbocycles. The number of aromatic nitrogens is 3. The third-order valence-corrected chi connectivity index (χ3v) is 5.99. The molecule has 0 amide bonds. The van der Waals surface area contributed by atoms with Crippen molar-refractivity contribution < 1.29 is 9.52 Å². The SMILES string of the molecule is Oc1c(N=Nc2ccc(Cl)cc2)sc(=Nc2nnc(-c3ccc(Cl)cc3)o2)n1-c1ccccc1. The first kappa shape index (κ1) is 22.0. The van der Waals surface area contributed by atoms with Gasteiger partial charge in [0.15, 0.2) is 0 Å². The fourth-order valence-electron chi connectivity index (χ4n) is 2.97. The lowest BCUT2D eigenvalue weighted by molar-refractivity contribution is 0.441. The normalized spacial score (nSPS) is 12.0. The summed E-state index contributed by atoms with van der Waals surface area (Å²) >= 11 is 13.0. The van der Waals surface area contributed by atoms with Crippen molar-refractivity contribution in [3.63, 3.8) is 0 Å². The standard InChI is InChI=1S/C23H14Cl2N6O2S/c24-15-8-6-14(7-9-15)19-28-30-22(33-19)26-23-31(18-4-2-1-3-5-18)21(32)20(34-23)29-27-17-12-10-16(25)11-13-17/h1-13,32H. The van der Waals surface area contributed by atoms with Crippen LogP contribution in [0.25, 0.3) is 17.1 Å². The van der Waals surface area contributed by atoms with E-state index in [1.807, 2.05) is 30.3 Å². The Balaban J connectivity index is 1.57. The molecule has 0 fully saturated rings. The van der Waals surface area contributed by atoms with Crippen molar-refractivity contribution in [1.82, 2.24) is 14.8 Å². The summed E-state index contributed by atoms with van der Waals surface area (Å²) in [5.74, 6) is 0.176. The van der Waals surface area contributed by atoms with Crippen molar-refractivity contribution in [3.8, 4) is 23.0 Å². The molecule has 0 spiro atoms. The second-order valence-electron chi connectivity index (χ2n) is 6.87. The summed E-state index contributed by atoms with van der Waals surface area (Å²) in [7, 11) is 0. The average molecular weight is 509 g/mol. The number of benzene rings is 3. The number of rotatable bonds is 5. The van der Waals surface area contributed by atoms with E-state index in [0.717, 1.165) is 11.3 Å². The van der Waals surface area contributed by atoms with Crippen molar-refractivity contribution in [2.45, 2.75) is 0 Å². The van der Waals surface area contributed by atoms with Crippen LogP contribution in [0, 0.1) is 0 Å². The van der Waals surface area contributed by atoms with E-state index in [9.17, 15) is 5.11 Å². The maximum absolute atomic E-state index is 10.9. The Hall–Kier alpha value is -3.79. The minimum absolute atomic E-state index is 0.0251. The molecule has 0 aliphatic heterocycles. The van der Waals surface area contributed by atoms with Gasteiger partial charge in [-0.1, -0.05) is 57.8 Å². The van der Waals surface area contributed by atoms with E-state index in [-0.39, 0.29) is 16.9 Å². The molecule has 168 valence electrons. The van der Waals surface area contributed by atoms with Crippen LogP contribution in [0.1, 0.15) is 0 Å². The van der Waals surface area contributed by atoms with E-state index >= 15 is 0 Å². The molecule has 3 aromatic carbocycles. The second-order valence-corrected chi connectivity index (χ2v) is 8.70. The fraction of sp³-hybridized carbons (Fsp3) is 0. The molecule has 5 aromatic rings. The number of nitrogens with zero attached hydrogens (tertiary/aromatic N) is 6. The smallest absolute Gasteiger partial charge is 0.345 e. The van der Waals surface area contributed by atoms with E-state index in [4.69, 9.17) is 27.6 Å². The van der Waals surface area contributed by atoms with Gasteiger partial charge in [-0.2, -0.15) is 4.99 Å². The number of hydrogen-bond acceptors (Lipinski definition) is 8. The van der Waals surface area contributed by atoms with Crippen molar-refractivity contribution in [3.05, 3.63) is 93.7 Å². The lowest BCUT2D eigenvalue weighted by Gasteiger charge is -2.03. The molecule has 8 nitrogen and oxygen atoms in total. The Kier molecular flexibility index (Phi) is 6.22. The van der Waals surface area contributed by atoms with Crippen LogP contribution in [0.2, 0.25) is 10.0 Å². The molecule has 2 heterocycles. The predicted molar refractivity (Wildman–Crippen MR) is 131 cm³/mol. The zero-order valence-corrected chi connectivity index (χ0v) is 19.5. The Labute approximate surface area is 207 Å². The molecule has 34 heavy (non-hydrogen) atoms. The summed E-state index contributed by atoms with van der Waals surface area (Å²) < 4.78 is 7.24. The van der Waals surface area contributed by atoms with Gasteiger partial charge in [-0.3, -0.25) is 4.57 Å². The number of hydrogen-bond donors (Lipinski definition) is 1. The second kappa shape index (κ2) is 9.60. The number of azo groups is 1. The summed E-state index contributed by atoms with van der Waals surface area (Å²) in [5, 5.41) is 28.8. The Morgan fingerprint density at radius 2 is 1.50 bits per heavy atom. The van der Waals surface area contributed by atoms with Gasteiger partial charge in [0, 0.05) is 15.6 Å². The molecule has 11 heteroatoms. The molecule has 2 aromatic heterocycles. The topological polar surface area (TPSA) is 101 Å². The largest absolute Gasteiger partial charge is 0.492 e. The van der Waals surface area contributed by atoms with Crippen molar-refractivity contribution in [2.75, 3.05) is 0 Å². The molecule has 0 aliphatic rings. The summed E-state index contributed by atoms with van der Waals surface area (Å²) in [5.41, 5.74) is 1.98. The van der Waals surface area contributed by atoms with Gasteiger partial charge >= 0.3 is 6.01 Å². The van der Waals surface area contributed by atoms with Crippen LogP contribution >= 0.6 is 34.5 Å². The Morgan fingerprint density at radius 1 is 0.824 bits per heavy atom. The summed E-state index contributed by atoms with van der Waals surface area (Å²) in [6.45, 7) is 0. The van der Waals surface area contributed by atoms with Gasteiger partial charge < -0.3 is 9.52 Å². The number of para-hydroxylation sites is 1. The van der Waals surface area contributed by atoms with Crippen molar-refractivity contribution in [2.24, 2.45) is 15.2 Å². The highest BCUT2D eigenvalue weighted by molar-refractivity contribution is 7.13. The van der Waals surface area contributed by atoms with Gasteiger partial charge in [-0.05, 0) is 60.7 Å². The van der Waals surface area contributed by atoms with Crippen molar-refractivity contribution >= 4 is 51.2 Å². The maximum Gasteiger partial charge on any atom is 0.345 e. The highest BCUT2D eigenvalue weighted by atomic mass is 35.5. The molecule has 0 saturated heterocycles. The first-order valence-corrected chi connectivity index (χ1v) is 11.5. The van der Waals surface area contributed by atoms with E-state index in [0.29, 0.717) is 37.7 Å². The lowest BCUT2D eigenvalue weighted by atomic mass is 10.2. The zero-order chi connectivity index (χ0) is 23.5. The highest BCUT2D eigenvalue weighted by Gasteiger charge is 2.16. The maximum atomic E-state index is 10.9. The Morgan fingerprint density at radius 3 is 2.21 bits per heavy atom. The van der Waals surface area contributed by atoms with Crippen LogP contribution in [0.3, 0.4) is 0 Å². The molecule has 0 bridgehead atoms. The first-order chi connectivity index (χ1) is 16.6. The lowest BCUT2D eigenvalue weighted by Crippen LogP contribution is -2.11. The minimum Gasteiger partial charge on any atom is -0.492 e. The van der Waals surface area contributed by atoms with Crippen LogP contribution in [0.15, 0.2) is 98.5 Å². The molecule has 1 N–H and O–H groups in total. The number of thiazole rings is 1. The van der Waals surface area contributed by atoms with E-state index in [2.05, 4.69) is 25.4 Å². The quantitative estimate of drug-likeness (QED) is 0.252. The monoisotopic (exact) mass is 508 g/mol. The third-order valence-electron chi connectivity index (χ3n) is 4.58. The van der Waals surface area contributed by atoms with Crippen molar-refractivity contribution in [1.29, 1.82) is 0 Å². The van der Waals surface area contributed by atoms with E-state index in [1.165, 1.54) is 4.57 Å².